The molecule has 0 N–H and O–H groups in total. The van der Waals surface area contributed by atoms with Crippen LogP contribution in [0.4, 0.5) is 0 Å². The molecule has 0 atom stereocenters. The fourth-order valence-corrected chi connectivity index (χ4v) is 7.58. The van der Waals surface area contributed by atoms with Crippen molar-refractivity contribution in [1.82, 2.24) is 29.9 Å². The number of aromatic nitrogens is 6. The third-order valence-electron chi connectivity index (χ3n) is 10.6. The van der Waals surface area contributed by atoms with E-state index in [0.717, 1.165) is 66.8 Å². The van der Waals surface area contributed by atoms with Crippen molar-refractivity contribution in [3.05, 3.63) is 218 Å². The first-order valence-electron chi connectivity index (χ1n) is 20.3. The Kier molecular flexibility index (Phi) is 10.2. The predicted octanol–water partition coefficient (Wildman–Crippen LogP) is 12.9. The van der Waals surface area contributed by atoms with Crippen LogP contribution in [-0.4, -0.2) is 29.9 Å². The highest BCUT2D eigenvalue weighted by atomic mass is 15.0. The molecule has 7 nitrogen and oxygen atoms in total. The molecule has 0 aliphatic heterocycles. The number of benzene rings is 8. The Labute approximate surface area is 359 Å². The van der Waals surface area contributed by atoms with Crippen molar-refractivity contribution in [2.75, 3.05) is 0 Å². The minimum atomic E-state index is 0.547. The van der Waals surface area contributed by atoms with Crippen LogP contribution < -0.4 is 0 Å². The lowest BCUT2D eigenvalue weighted by Gasteiger charge is -2.17. The summed E-state index contributed by atoms with van der Waals surface area (Å²) in [6, 6.07) is 73.0. The summed E-state index contributed by atoms with van der Waals surface area (Å²) in [5, 5.41) is 9.55. The molecule has 2 aromatic heterocycles. The monoisotopic (exact) mass is 793 g/mol. The third kappa shape index (κ3) is 7.75. The first-order valence-corrected chi connectivity index (χ1v) is 20.3. The van der Waals surface area contributed by atoms with Gasteiger partial charge in [-0.1, -0.05) is 194 Å². The van der Waals surface area contributed by atoms with Crippen molar-refractivity contribution in [2.45, 2.75) is 0 Å². The van der Waals surface area contributed by atoms with E-state index in [1.54, 1.807) is 6.07 Å². The average molecular weight is 794 g/mol. The number of hydrogen-bond donors (Lipinski definition) is 0. The van der Waals surface area contributed by atoms with Crippen molar-refractivity contribution in [3.63, 3.8) is 0 Å². The van der Waals surface area contributed by atoms with Crippen LogP contribution in [0.1, 0.15) is 5.56 Å². The second-order valence-corrected chi connectivity index (χ2v) is 14.7. The molecule has 10 aromatic rings. The Hall–Kier alpha value is -8.73. The Morgan fingerprint density at radius 3 is 1.13 bits per heavy atom. The highest BCUT2D eigenvalue weighted by Crippen LogP contribution is 2.40. The van der Waals surface area contributed by atoms with Crippen molar-refractivity contribution in [3.8, 4) is 108 Å². The lowest BCUT2D eigenvalue weighted by Crippen LogP contribution is -2.02. The minimum Gasteiger partial charge on any atom is -0.208 e. The molecule has 0 unspecified atom stereocenters. The molecule has 0 bridgehead atoms. The molecule has 0 saturated heterocycles. The molecule has 10 rings (SSSR count). The fourth-order valence-electron chi connectivity index (χ4n) is 7.58. The minimum absolute atomic E-state index is 0.547. The molecule has 2 heterocycles. The molecule has 290 valence electrons. The van der Waals surface area contributed by atoms with Gasteiger partial charge in [-0.15, -0.1) is 0 Å². The number of hydrogen-bond acceptors (Lipinski definition) is 7. The van der Waals surface area contributed by atoms with Gasteiger partial charge in [0.25, 0.3) is 0 Å². The van der Waals surface area contributed by atoms with E-state index in [2.05, 4.69) is 78.9 Å². The van der Waals surface area contributed by atoms with Crippen LogP contribution >= 0.6 is 0 Å². The standard InChI is InChI=1S/C55H35N7/c56-36-37-16-13-25-44(34-37)45-26-14-27-46(35-45)54-59-50(40-19-7-2-8-20-40)57-53(60-54)43-32-30-39(31-33-43)49-47(38-17-5-1-6-18-38)28-15-29-48(49)55-61-51(41-21-9-3-10-22-41)58-52(62-55)42-23-11-4-12-24-42/h1-35H. The molecule has 0 amide bonds. The van der Waals surface area contributed by atoms with Crippen LogP contribution in [0.3, 0.4) is 0 Å². The van der Waals surface area contributed by atoms with Crippen LogP contribution in [0.2, 0.25) is 0 Å². The maximum Gasteiger partial charge on any atom is 0.164 e. The second-order valence-electron chi connectivity index (χ2n) is 14.7. The van der Waals surface area contributed by atoms with E-state index in [-0.39, 0.29) is 0 Å². The van der Waals surface area contributed by atoms with Crippen molar-refractivity contribution >= 4 is 0 Å². The fraction of sp³-hybridized carbons (Fsp3) is 0. The smallest absolute Gasteiger partial charge is 0.164 e. The second kappa shape index (κ2) is 16.9. The maximum atomic E-state index is 9.55. The van der Waals surface area contributed by atoms with Gasteiger partial charge in [0.2, 0.25) is 0 Å². The van der Waals surface area contributed by atoms with Gasteiger partial charge in [-0.25, -0.2) is 29.9 Å². The highest BCUT2D eigenvalue weighted by Gasteiger charge is 2.20. The van der Waals surface area contributed by atoms with Gasteiger partial charge >= 0.3 is 0 Å². The zero-order chi connectivity index (χ0) is 41.7. The summed E-state index contributed by atoms with van der Waals surface area (Å²) in [4.78, 5) is 30.3. The maximum absolute atomic E-state index is 9.55. The molecule has 0 radical (unpaired) electrons. The van der Waals surface area contributed by atoms with Gasteiger partial charge in [0.05, 0.1) is 11.6 Å². The number of nitrogens with zero attached hydrogens (tertiary/aromatic N) is 7. The third-order valence-corrected chi connectivity index (χ3v) is 10.6. The van der Waals surface area contributed by atoms with Gasteiger partial charge < -0.3 is 0 Å². The molecule has 0 aliphatic carbocycles. The van der Waals surface area contributed by atoms with Crippen LogP contribution in [0, 0.1) is 11.3 Å². The zero-order valence-electron chi connectivity index (χ0n) is 33.3. The Morgan fingerprint density at radius 2 is 0.613 bits per heavy atom. The van der Waals surface area contributed by atoms with E-state index in [9.17, 15) is 5.26 Å². The molecule has 8 aromatic carbocycles. The SMILES string of the molecule is N#Cc1cccc(-c2cccc(-c3nc(-c4ccccc4)nc(-c4ccc(-c5c(-c6ccccc6)cccc5-c5nc(-c6ccccc6)nc(-c6ccccc6)n5)cc4)n3)c2)c1. The molecule has 0 saturated carbocycles. The molecule has 0 aliphatic rings. The van der Waals surface area contributed by atoms with Gasteiger partial charge in [0.15, 0.2) is 34.9 Å². The normalized spacial score (nSPS) is 10.9. The van der Waals surface area contributed by atoms with Gasteiger partial charge in [0, 0.05) is 38.9 Å². The largest absolute Gasteiger partial charge is 0.208 e. The van der Waals surface area contributed by atoms with Crippen LogP contribution in [0.25, 0.3) is 102 Å². The zero-order valence-corrected chi connectivity index (χ0v) is 33.3. The van der Waals surface area contributed by atoms with Crippen LogP contribution in [-0.2, 0) is 0 Å². The molecule has 62 heavy (non-hydrogen) atoms. The van der Waals surface area contributed by atoms with E-state index in [1.807, 2.05) is 133 Å². The van der Waals surface area contributed by atoms with Gasteiger partial charge in [-0.05, 0) is 46.0 Å². The molecule has 7 heteroatoms. The Bertz CT molecular complexity index is 3160. The van der Waals surface area contributed by atoms with Crippen LogP contribution in [0.15, 0.2) is 212 Å². The summed E-state index contributed by atoms with van der Waals surface area (Å²) in [5.41, 5.74) is 11.9. The summed E-state index contributed by atoms with van der Waals surface area (Å²) >= 11 is 0. The molecular formula is C55H35N7. The summed E-state index contributed by atoms with van der Waals surface area (Å²) < 4.78 is 0. The van der Waals surface area contributed by atoms with E-state index in [4.69, 9.17) is 29.9 Å². The van der Waals surface area contributed by atoms with Gasteiger partial charge in [-0.3, -0.25) is 0 Å². The highest BCUT2D eigenvalue weighted by molar-refractivity contribution is 5.94. The predicted molar refractivity (Wildman–Crippen MR) is 247 cm³/mol. The van der Waals surface area contributed by atoms with Gasteiger partial charge in [-0.2, -0.15) is 5.26 Å². The van der Waals surface area contributed by atoms with E-state index in [0.29, 0.717) is 40.5 Å². The summed E-state index contributed by atoms with van der Waals surface area (Å²) in [6.07, 6.45) is 0. The van der Waals surface area contributed by atoms with Crippen molar-refractivity contribution in [2.24, 2.45) is 0 Å². The lowest BCUT2D eigenvalue weighted by molar-refractivity contribution is 1.07. The van der Waals surface area contributed by atoms with E-state index >= 15 is 0 Å². The first-order chi connectivity index (χ1) is 30.7. The first kappa shape index (κ1) is 37.5. The summed E-state index contributed by atoms with van der Waals surface area (Å²) in [5.74, 6) is 3.44. The van der Waals surface area contributed by atoms with E-state index in [1.165, 1.54) is 0 Å². The Morgan fingerprint density at radius 1 is 0.258 bits per heavy atom. The van der Waals surface area contributed by atoms with Gasteiger partial charge in [0.1, 0.15) is 0 Å². The van der Waals surface area contributed by atoms with Crippen molar-refractivity contribution in [1.29, 1.82) is 5.26 Å². The Balaban J connectivity index is 1.11. The molecule has 0 fully saturated rings. The topological polar surface area (TPSA) is 101 Å². The lowest BCUT2D eigenvalue weighted by atomic mass is 9.89. The molecular weight excluding hydrogens is 759 g/mol. The average Bonchev–Trinajstić information content (AvgIpc) is 3.37. The quantitative estimate of drug-likeness (QED) is 0.143. The number of rotatable bonds is 9. The summed E-state index contributed by atoms with van der Waals surface area (Å²) in [6.45, 7) is 0. The van der Waals surface area contributed by atoms with E-state index < -0.39 is 0 Å². The van der Waals surface area contributed by atoms with Crippen molar-refractivity contribution < 1.29 is 0 Å². The number of nitriles is 1. The van der Waals surface area contributed by atoms with Crippen LogP contribution in [0.5, 0.6) is 0 Å². The summed E-state index contributed by atoms with van der Waals surface area (Å²) in [7, 11) is 0. The molecule has 0 spiro atoms.